The van der Waals surface area contributed by atoms with Crippen molar-refractivity contribution in [1.29, 1.82) is 0 Å². The maximum Gasteiger partial charge on any atom is 0.219 e. The third kappa shape index (κ3) is 3.05. The van der Waals surface area contributed by atoms with Crippen molar-refractivity contribution < 1.29 is 9.53 Å². The highest BCUT2D eigenvalue weighted by Crippen LogP contribution is 2.28. The number of methoxy groups -OCH3 is 1. The molecule has 3 heteroatoms. The zero-order chi connectivity index (χ0) is 13.7. The Hall–Kier alpha value is -2.03. The van der Waals surface area contributed by atoms with E-state index >= 15 is 0 Å². The van der Waals surface area contributed by atoms with Gasteiger partial charge in [-0.25, -0.2) is 0 Å². The van der Waals surface area contributed by atoms with Gasteiger partial charge in [-0.1, -0.05) is 37.3 Å². The molecule has 0 saturated heterocycles. The summed E-state index contributed by atoms with van der Waals surface area (Å²) in [6.07, 6.45) is 1.36. The molecule has 0 aliphatic heterocycles. The van der Waals surface area contributed by atoms with Gasteiger partial charge in [0.15, 0.2) is 0 Å². The maximum atomic E-state index is 11.2. The van der Waals surface area contributed by atoms with Gasteiger partial charge in [0.05, 0.1) is 7.11 Å². The SMILES string of the molecule is CCC(=O)NCCc1ccc(OC)c2ccccc12. The van der Waals surface area contributed by atoms with Crippen LogP contribution in [0.1, 0.15) is 18.9 Å². The van der Waals surface area contributed by atoms with Crippen LogP contribution in [0.4, 0.5) is 0 Å². The van der Waals surface area contributed by atoms with Gasteiger partial charge in [0.1, 0.15) is 5.75 Å². The molecule has 0 atom stereocenters. The summed E-state index contributed by atoms with van der Waals surface area (Å²) in [6, 6.07) is 12.2. The van der Waals surface area contributed by atoms with E-state index in [1.165, 1.54) is 10.9 Å². The predicted molar refractivity (Wildman–Crippen MR) is 77.5 cm³/mol. The van der Waals surface area contributed by atoms with E-state index in [1.54, 1.807) is 7.11 Å². The van der Waals surface area contributed by atoms with Crippen molar-refractivity contribution in [1.82, 2.24) is 5.32 Å². The Bertz CT molecular complexity index is 578. The van der Waals surface area contributed by atoms with E-state index in [0.717, 1.165) is 17.6 Å². The molecule has 0 aliphatic carbocycles. The Morgan fingerprint density at radius 2 is 1.89 bits per heavy atom. The fourth-order valence-electron chi connectivity index (χ4n) is 2.19. The number of benzene rings is 2. The van der Waals surface area contributed by atoms with Gasteiger partial charge in [0.25, 0.3) is 0 Å². The van der Waals surface area contributed by atoms with Crippen LogP contribution in [0, 0.1) is 0 Å². The summed E-state index contributed by atoms with van der Waals surface area (Å²) in [6.45, 7) is 2.53. The van der Waals surface area contributed by atoms with E-state index in [2.05, 4.69) is 23.5 Å². The molecule has 3 nitrogen and oxygen atoms in total. The van der Waals surface area contributed by atoms with Crippen LogP contribution in [-0.4, -0.2) is 19.6 Å². The average molecular weight is 257 g/mol. The number of carbonyl (C=O) groups is 1. The molecule has 100 valence electrons. The largest absolute Gasteiger partial charge is 0.496 e. The number of ether oxygens (including phenoxy) is 1. The summed E-state index contributed by atoms with van der Waals surface area (Å²) in [7, 11) is 1.68. The second-order valence-electron chi connectivity index (χ2n) is 4.43. The number of amides is 1. The second-order valence-corrected chi connectivity index (χ2v) is 4.43. The van der Waals surface area contributed by atoms with Crippen LogP contribution in [0.25, 0.3) is 10.8 Å². The lowest BCUT2D eigenvalue weighted by molar-refractivity contribution is -0.120. The third-order valence-corrected chi connectivity index (χ3v) is 3.23. The first-order valence-electron chi connectivity index (χ1n) is 6.57. The molecule has 0 heterocycles. The highest BCUT2D eigenvalue weighted by atomic mass is 16.5. The average Bonchev–Trinajstić information content (AvgIpc) is 2.47. The van der Waals surface area contributed by atoms with Gasteiger partial charge >= 0.3 is 0 Å². The lowest BCUT2D eigenvalue weighted by atomic mass is 10.0. The van der Waals surface area contributed by atoms with Crippen LogP contribution in [0.15, 0.2) is 36.4 Å². The van der Waals surface area contributed by atoms with Crippen molar-refractivity contribution >= 4 is 16.7 Å². The van der Waals surface area contributed by atoms with E-state index in [4.69, 9.17) is 4.74 Å². The van der Waals surface area contributed by atoms with E-state index in [1.807, 2.05) is 25.1 Å². The zero-order valence-corrected chi connectivity index (χ0v) is 11.4. The lowest BCUT2D eigenvalue weighted by Crippen LogP contribution is -2.24. The van der Waals surface area contributed by atoms with Gasteiger partial charge < -0.3 is 10.1 Å². The van der Waals surface area contributed by atoms with Gasteiger partial charge in [0, 0.05) is 18.4 Å². The molecule has 0 aromatic heterocycles. The van der Waals surface area contributed by atoms with Gasteiger partial charge in [-0.2, -0.15) is 0 Å². The van der Waals surface area contributed by atoms with Crippen LogP contribution in [-0.2, 0) is 11.2 Å². The number of nitrogens with one attached hydrogen (secondary N) is 1. The first-order chi connectivity index (χ1) is 9.26. The quantitative estimate of drug-likeness (QED) is 0.894. The molecule has 0 unspecified atom stereocenters. The molecule has 0 aliphatic rings. The van der Waals surface area contributed by atoms with Gasteiger partial charge in [-0.3, -0.25) is 4.79 Å². The van der Waals surface area contributed by atoms with E-state index in [0.29, 0.717) is 13.0 Å². The molecule has 1 N–H and O–H groups in total. The Morgan fingerprint density at radius 1 is 1.16 bits per heavy atom. The smallest absolute Gasteiger partial charge is 0.219 e. The molecule has 0 bridgehead atoms. The first-order valence-corrected chi connectivity index (χ1v) is 6.57. The minimum absolute atomic E-state index is 0.0952. The van der Waals surface area contributed by atoms with Gasteiger partial charge in [-0.15, -0.1) is 0 Å². The molecule has 0 spiro atoms. The normalized spacial score (nSPS) is 10.4. The molecule has 2 aromatic rings. The zero-order valence-electron chi connectivity index (χ0n) is 11.4. The van der Waals surface area contributed by atoms with Gasteiger partial charge in [-0.05, 0) is 23.4 Å². The van der Waals surface area contributed by atoms with Crippen molar-refractivity contribution in [2.45, 2.75) is 19.8 Å². The number of fused-ring (bicyclic) bond motifs is 1. The first kappa shape index (κ1) is 13.4. The Kier molecular flexibility index (Phi) is 4.39. The van der Waals surface area contributed by atoms with E-state index in [9.17, 15) is 4.79 Å². The van der Waals surface area contributed by atoms with Crippen molar-refractivity contribution in [2.24, 2.45) is 0 Å². The molecular formula is C16H19NO2. The predicted octanol–water partition coefficient (Wildman–Crippen LogP) is 2.92. The van der Waals surface area contributed by atoms with Crippen LogP contribution < -0.4 is 10.1 Å². The fraction of sp³-hybridized carbons (Fsp3) is 0.312. The lowest BCUT2D eigenvalue weighted by Gasteiger charge is -2.10. The minimum atomic E-state index is 0.0952. The molecule has 0 saturated carbocycles. The molecule has 19 heavy (non-hydrogen) atoms. The van der Waals surface area contributed by atoms with Gasteiger partial charge in [0.2, 0.25) is 5.91 Å². The van der Waals surface area contributed by atoms with E-state index in [-0.39, 0.29) is 5.91 Å². The Balaban J connectivity index is 2.22. The molecule has 1 amide bonds. The van der Waals surface area contributed by atoms with Crippen LogP contribution in [0.3, 0.4) is 0 Å². The molecule has 0 fully saturated rings. The summed E-state index contributed by atoms with van der Waals surface area (Å²) in [5.41, 5.74) is 1.23. The van der Waals surface area contributed by atoms with Crippen LogP contribution >= 0.6 is 0 Å². The molecule has 2 aromatic carbocycles. The van der Waals surface area contributed by atoms with Crippen molar-refractivity contribution in [3.05, 3.63) is 42.0 Å². The summed E-state index contributed by atoms with van der Waals surface area (Å²) >= 11 is 0. The Labute approximate surface area is 113 Å². The standard InChI is InChI=1S/C16H19NO2/c1-3-16(18)17-11-10-12-8-9-15(19-2)14-7-5-4-6-13(12)14/h4-9H,3,10-11H2,1-2H3,(H,17,18). The number of hydrogen-bond acceptors (Lipinski definition) is 2. The number of hydrogen-bond donors (Lipinski definition) is 1. The number of carbonyl (C=O) groups excluding carboxylic acids is 1. The van der Waals surface area contributed by atoms with Crippen molar-refractivity contribution in [2.75, 3.05) is 13.7 Å². The van der Waals surface area contributed by atoms with Crippen molar-refractivity contribution in [3.8, 4) is 5.75 Å². The fourth-order valence-corrected chi connectivity index (χ4v) is 2.19. The second kappa shape index (κ2) is 6.23. The molecule has 0 radical (unpaired) electrons. The number of rotatable bonds is 5. The highest BCUT2D eigenvalue weighted by molar-refractivity contribution is 5.91. The summed E-state index contributed by atoms with van der Waals surface area (Å²) in [5, 5.41) is 5.21. The van der Waals surface area contributed by atoms with E-state index < -0.39 is 0 Å². The molecule has 2 rings (SSSR count). The van der Waals surface area contributed by atoms with Crippen LogP contribution in [0.2, 0.25) is 0 Å². The third-order valence-electron chi connectivity index (χ3n) is 3.23. The minimum Gasteiger partial charge on any atom is -0.496 e. The Morgan fingerprint density at radius 3 is 2.58 bits per heavy atom. The summed E-state index contributed by atoms with van der Waals surface area (Å²) < 4.78 is 5.37. The molecular weight excluding hydrogens is 238 g/mol. The highest BCUT2D eigenvalue weighted by Gasteiger charge is 2.06. The summed E-state index contributed by atoms with van der Waals surface area (Å²) in [5.74, 6) is 0.981. The monoisotopic (exact) mass is 257 g/mol. The summed E-state index contributed by atoms with van der Waals surface area (Å²) in [4.78, 5) is 11.2. The topological polar surface area (TPSA) is 38.3 Å². The van der Waals surface area contributed by atoms with Crippen molar-refractivity contribution in [3.63, 3.8) is 0 Å². The van der Waals surface area contributed by atoms with Crippen LogP contribution in [0.5, 0.6) is 5.75 Å². The maximum absolute atomic E-state index is 11.2.